The van der Waals surface area contributed by atoms with E-state index in [1.807, 2.05) is 78.6 Å². The van der Waals surface area contributed by atoms with Crippen LogP contribution >= 0.6 is 11.6 Å². The lowest BCUT2D eigenvalue weighted by molar-refractivity contribution is 0.0730. The van der Waals surface area contributed by atoms with Gasteiger partial charge in [0.15, 0.2) is 11.5 Å². The number of methoxy groups -OCH3 is 2. The Morgan fingerprint density at radius 3 is 2.35 bits per heavy atom. The number of fused-ring (bicyclic) bond motifs is 1. The third-order valence-corrected chi connectivity index (χ3v) is 6.43. The predicted molar refractivity (Wildman–Crippen MR) is 131 cm³/mol. The van der Waals surface area contributed by atoms with Crippen molar-refractivity contribution in [2.24, 2.45) is 0 Å². The highest BCUT2D eigenvalue weighted by molar-refractivity contribution is 6.30. The minimum Gasteiger partial charge on any atom is -0.493 e. The molecule has 0 spiro atoms. The molecule has 6 nitrogen and oxygen atoms in total. The molecule has 0 radical (unpaired) electrons. The quantitative estimate of drug-likeness (QED) is 0.384. The van der Waals surface area contributed by atoms with Gasteiger partial charge in [0.05, 0.1) is 26.0 Å². The van der Waals surface area contributed by atoms with Crippen LogP contribution in [0.1, 0.15) is 38.8 Å². The van der Waals surface area contributed by atoms with Crippen LogP contribution in [0.5, 0.6) is 11.5 Å². The van der Waals surface area contributed by atoms with Gasteiger partial charge in [-0.05, 0) is 42.3 Å². The second-order valence-electron chi connectivity index (χ2n) is 8.30. The molecule has 0 fully saturated rings. The molecule has 0 aliphatic carbocycles. The molecule has 1 N–H and O–H groups in total. The summed E-state index contributed by atoms with van der Waals surface area (Å²) >= 11 is 6.08. The Morgan fingerprint density at radius 1 is 0.971 bits per heavy atom. The number of aromatic amines is 1. The summed E-state index contributed by atoms with van der Waals surface area (Å²) in [5.41, 5.74) is 6.13. The van der Waals surface area contributed by atoms with E-state index in [1.165, 1.54) is 0 Å². The zero-order valence-electron chi connectivity index (χ0n) is 19.1. The highest BCUT2D eigenvalue weighted by Gasteiger charge is 2.42. The van der Waals surface area contributed by atoms with Gasteiger partial charge < -0.3 is 14.4 Å². The van der Waals surface area contributed by atoms with Crippen molar-refractivity contribution in [3.05, 3.63) is 99.7 Å². The molecule has 0 saturated heterocycles. The van der Waals surface area contributed by atoms with Crippen LogP contribution in [0, 0.1) is 6.92 Å². The smallest absolute Gasteiger partial charge is 0.273 e. The van der Waals surface area contributed by atoms with E-state index in [2.05, 4.69) is 10.2 Å². The molecular formula is C27H24ClN3O3. The average Bonchev–Trinajstić information content (AvgIpc) is 3.39. The Hall–Kier alpha value is -3.77. The summed E-state index contributed by atoms with van der Waals surface area (Å²) in [7, 11) is 3.21. The molecule has 1 atom stereocenters. The molecular weight excluding hydrogens is 450 g/mol. The molecule has 34 heavy (non-hydrogen) atoms. The lowest BCUT2D eigenvalue weighted by Crippen LogP contribution is -2.29. The highest BCUT2D eigenvalue weighted by Crippen LogP contribution is 2.45. The van der Waals surface area contributed by atoms with Crippen LogP contribution in [-0.4, -0.2) is 35.2 Å². The Morgan fingerprint density at radius 2 is 1.68 bits per heavy atom. The van der Waals surface area contributed by atoms with Gasteiger partial charge >= 0.3 is 0 Å². The summed E-state index contributed by atoms with van der Waals surface area (Å²) in [4.78, 5) is 15.5. The molecule has 5 rings (SSSR count). The Bertz CT molecular complexity index is 1350. The summed E-state index contributed by atoms with van der Waals surface area (Å²) in [6.45, 7) is 2.47. The Labute approximate surface area is 203 Å². The first kappa shape index (κ1) is 22.0. The topological polar surface area (TPSA) is 67.5 Å². The molecule has 7 heteroatoms. The van der Waals surface area contributed by atoms with Gasteiger partial charge in [0.2, 0.25) is 0 Å². The third-order valence-electron chi connectivity index (χ3n) is 6.18. The van der Waals surface area contributed by atoms with E-state index in [-0.39, 0.29) is 11.9 Å². The number of rotatable bonds is 6. The fourth-order valence-electron chi connectivity index (χ4n) is 4.45. The van der Waals surface area contributed by atoms with Crippen LogP contribution < -0.4 is 9.47 Å². The number of hydrogen-bond acceptors (Lipinski definition) is 4. The second-order valence-corrected chi connectivity index (χ2v) is 8.74. The van der Waals surface area contributed by atoms with Gasteiger partial charge in [-0.2, -0.15) is 5.10 Å². The van der Waals surface area contributed by atoms with Gasteiger partial charge in [-0.25, -0.2) is 0 Å². The first-order chi connectivity index (χ1) is 16.5. The number of nitrogens with one attached hydrogen (secondary N) is 1. The third kappa shape index (κ3) is 3.80. The highest BCUT2D eigenvalue weighted by atomic mass is 35.5. The van der Waals surface area contributed by atoms with Crippen molar-refractivity contribution in [3.63, 3.8) is 0 Å². The van der Waals surface area contributed by atoms with Crippen LogP contribution in [0.2, 0.25) is 5.02 Å². The molecule has 172 valence electrons. The summed E-state index contributed by atoms with van der Waals surface area (Å²) in [5, 5.41) is 8.21. The first-order valence-electron chi connectivity index (χ1n) is 10.9. The second kappa shape index (κ2) is 8.88. The zero-order chi connectivity index (χ0) is 23.8. The SMILES string of the molecule is COc1ccc(C2c3c(-c4ccc(C)cc4)n[nH]c3C(=O)N2Cc2ccc(Cl)cc2)cc1OC. The summed E-state index contributed by atoms with van der Waals surface area (Å²) < 4.78 is 11.0. The van der Waals surface area contributed by atoms with Gasteiger partial charge in [-0.15, -0.1) is 0 Å². The van der Waals surface area contributed by atoms with Gasteiger partial charge in [0, 0.05) is 22.7 Å². The van der Waals surface area contributed by atoms with Gasteiger partial charge in [0.1, 0.15) is 5.69 Å². The van der Waals surface area contributed by atoms with Crippen molar-refractivity contribution in [2.45, 2.75) is 19.5 Å². The van der Waals surface area contributed by atoms with E-state index in [0.29, 0.717) is 28.8 Å². The minimum absolute atomic E-state index is 0.101. The van der Waals surface area contributed by atoms with E-state index < -0.39 is 0 Å². The molecule has 1 aliphatic heterocycles. The van der Waals surface area contributed by atoms with Crippen LogP contribution in [0.3, 0.4) is 0 Å². The van der Waals surface area contributed by atoms with Gasteiger partial charge in [-0.3, -0.25) is 9.89 Å². The average molecular weight is 474 g/mol. The number of carbonyl (C=O) groups excluding carboxylic acids is 1. The van der Waals surface area contributed by atoms with E-state index in [4.69, 9.17) is 21.1 Å². The Balaban J connectivity index is 1.65. The summed E-state index contributed by atoms with van der Waals surface area (Å²) in [5.74, 6) is 1.13. The first-order valence-corrected chi connectivity index (χ1v) is 11.3. The number of amides is 1. The summed E-state index contributed by atoms with van der Waals surface area (Å²) in [6, 6.07) is 21.1. The number of ether oxygens (including phenoxy) is 2. The van der Waals surface area contributed by atoms with E-state index in [0.717, 1.165) is 33.5 Å². The van der Waals surface area contributed by atoms with Crippen molar-refractivity contribution in [2.75, 3.05) is 14.2 Å². The number of aryl methyl sites for hydroxylation is 1. The molecule has 1 aliphatic rings. The Kier molecular flexibility index (Phi) is 5.75. The van der Waals surface area contributed by atoms with Crippen molar-refractivity contribution in [3.8, 4) is 22.8 Å². The molecule has 1 amide bonds. The van der Waals surface area contributed by atoms with Crippen LogP contribution in [0.4, 0.5) is 0 Å². The van der Waals surface area contributed by atoms with Crippen LogP contribution in [-0.2, 0) is 6.54 Å². The number of benzene rings is 3. The minimum atomic E-state index is -0.354. The molecule has 0 saturated carbocycles. The van der Waals surface area contributed by atoms with Crippen molar-refractivity contribution < 1.29 is 14.3 Å². The molecule has 1 aromatic heterocycles. The molecule has 0 bridgehead atoms. The lowest BCUT2D eigenvalue weighted by atomic mass is 9.95. The zero-order valence-corrected chi connectivity index (χ0v) is 19.9. The fourth-order valence-corrected chi connectivity index (χ4v) is 4.57. The van der Waals surface area contributed by atoms with Gasteiger partial charge in [-0.1, -0.05) is 59.6 Å². The van der Waals surface area contributed by atoms with Crippen LogP contribution in [0.15, 0.2) is 66.7 Å². The van der Waals surface area contributed by atoms with E-state index >= 15 is 0 Å². The van der Waals surface area contributed by atoms with Gasteiger partial charge in [0.25, 0.3) is 5.91 Å². The maximum Gasteiger partial charge on any atom is 0.273 e. The molecule has 2 heterocycles. The molecule has 1 unspecified atom stereocenters. The molecule has 3 aromatic carbocycles. The summed E-state index contributed by atoms with van der Waals surface area (Å²) in [6.07, 6.45) is 0. The molecule has 4 aromatic rings. The van der Waals surface area contributed by atoms with Crippen LogP contribution in [0.25, 0.3) is 11.3 Å². The lowest BCUT2D eigenvalue weighted by Gasteiger charge is -2.27. The monoisotopic (exact) mass is 473 g/mol. The number of carbonyl (C=O) groups is 1. The number of halogens is 1. The number of H-pyrrole nitrogens is 1. The number of hydrogen-bond donors (Lipinski definition) is 1. The maximum atomic E-state index is 13.6. The van der Waals surface area contributed by atoms with E-state index in [9.17, 15) is 4.79 Å². The predicted octanol–water partition coefficient (Wildman–Crippen LogP) is 5.80. The van der Waals surface area contributed by atoms with Crippen molar-refractivity contribution in [1.82, 2.24) is 15.1 Å². The maximum absolute atomic E-state index is 13.6. The standard InChI is InChI=1S/C27H24ClN3O3/c1-16-4-8-18(9-5-16)24-23-25(30-29-24)27(32)31(15-17-6-11-20(28)12-7-17)26(23)19-10-13-21(33-2)22(14-19)34-3/h4-14,26H,15H2,1-3H3,(H,29,30). The van der Waals surface area contributed by atoms with Crippen molar-refractivity contribution >= 4 is 17.5 Å². The largest absolute Gasteiger partial charge is 0.493 e. The number of nitrogens with zero attached hydrogens (tertiary/aromatic N) is 2. The number of aromatic nitrogens is 2. The normalized spacial score (nSPS) is 14.9. The van der Waals surface area contributed by atoms with Crippen molar-refractivity contribution in [1.29, 1.82) is 0 Å². The fraction of sp³-hybridized carbons (Fsp3) is 0.185. The van der Waals surface area contributed by atoms with E-state index in [1.54, 1.807) is 14.2 Å².